The standard InChI is InChI=1S/C13H15FN2OS/c1-7(15)10-4-5-12(11(14)6-10)18-13-16-8(2)9(3)17-13/h4-7H,15H2,1-3H3. The molecular formula is C13H15FN2OS. The fourth-order valence-electron chi connectivity index (χ4n) is 1.46. The molecule has 1 atom stereocenters. The van der Waals surface area contributed by atoms with Gasteiger partial charge < -0.3 is 10.2 Å². The van der Waals surface area contributed by atoms with E-state index in [0.29, 0.717) is 10.1 Å². The molecule has 1 aromatic heterocycles. The predicted molar refractivity (Wildman–Crippen MR) is 69.1 cm³/mol. The van der Waals surface area contributed by atoms with E-state index in [9.17, 15) is 4.39 Å². The molecule has 5 heteroatoms. The van der Waals surface area contributed by atoms with Crippen LogP contribution in [0.5, 0.6) is 0 Å². The first-order valence-electron chi connectivity index (χ1n) is 5.64. The Morgan fingerprint density at radius 1 is 1.39 bits per heavy atom. The largest absolute Gasteiger partial charge is 0.436 e. The van der Waals surface area contributed by atoms with Crippen molar-refractivity contribution in [2.24, 2.45) is 5.73 Å². The Hall–Kier alpha value is -1.33. The van der Waals surface area contributed by atoms with Crippen LogP contribution >= 0.6 is 11.8 Å². The summed E-state index contributed by atoms with van der Waals surface area (Å²) in [5.41, 5.74) is 7.30. The molecule has 2 aromatic rings. The molecule has 0 saturated carbocycles. The highest BCUT2D eigenvalue weighted by atomic mass is 32.2. The van der Waals surface area contributed by atoms with E-state index < -0.39 is 0 Å². The normalized spacial score (nSPS) is 12.7. The van der Waals surface area contributed by atoms with Crippen molar-refractivity contribution in [3.63, 3.8) is 0 Å². The van der Waals surface area contributed by atoms with Crippen molar-refractivity contribution in [3.05, 3.63) is 41.0 Å². The highest BCUT2D eigenvalue weighted by molar-refractivity contribution is 7.99. The van der Waals surface area contributed by atoms with Crippen LogP contribution < -0.4 is 5.73 Å². The second kappa shape index (κ2) is 5.12. The molecule has 0 saturated heterocycles. The van der Waals surface area contributed by atoms with Gasteiger partial charge in [0.25, 0.3) is 5.22 Å². The molecule has 0 radical (unpaired) electrons. The Kier molecular flexibility index (Phi) is 3.73. The first-order valence-corrected chi connectivity index (χ1v) is 6.46. The van der Waals surface area contributed by atoms with Crippen LogP contribution in [0.4, 0.5) is 4.39 Å². The van der Waals surface area contributed by atoms with Crippen molar-refractivity contribution < 1.29 is 8.81 Å². The van der Waals surface area contributed by atoms with Crippen LogP contribution in [-0.2, 0) is 0 Å². The van der Waals surface area contributed by atoms with Gasteiger partial charge in [0.15, 0.2) is 0 Å². The maximum atomic E-state index is 13.9. The minimum absolute atomic E-state index is 0.176. The van der Waals surface area contributed by atoms with Crippen molar-refractivity contribution in [2.75, 3.05) is 0 Å². The Morgan fingerprint density at radius 3 is 2.61 bits per heavy atom. The summed E-state index contributed by atoms with van der Waals surface area (Å²) in [5.74, 6) is 0.452. The lowest BCUT2D eigenvalue weighted by Gasteiger charge is -2.07. The number of halogens is 1. The quantitative estimate of drug-likeness (QED) is 0.922. The fourth-order valence-corrected chi connectivity index (χ4v) is 2.29. The van der Waals surface area contributed by atoms with Crippen LogP contribution in [-0.4, -0.2) is 4.98 Å². The van der Waals surface area contributed by atoms with Crippen molar-refractivity contribution in [3.8, 4) is 0 Å². The molecule has 1 unspecified atom stereocenters. The van der Waals surface area contributed by atoms with Crippen molar-refractivity contribution in [2.45, 2.75) is 36.9 Å². The molecule has 0 fully saturated rings. The molecule has 0 aliphatic carbocycles. The minimum atomic E-state index is -0.302. The average molecular weight is 266 g/mol. The average Bonchev–Trinajstić information content (AvgIpc) is 2.61. The number of aromatic nitrogens is 1. The number of oxazole rings is 1. The van der Waals surface area contributed by atoms with Crippen LogP contribution in [0.2, 0.25) is 0 Å². The Bertz CT molecular complexity index is 547. The van der Waals surface area contributed by atoms with Crippen molar-refractivity contribution in [1.82, 2.24) is 4.98 Å². The summed E-state index contributed by atoms with van der Waals surface area (Å²) >= 11 is 1.18. The summed E-state index contributed by atoms with van der Waals surface area (Å²) in [4.78, 5) is 4.70. The number of nitrogens with two attached hydrogens (primary N) is 1. The minimum Gasteiger partial charge on any atom is -0.436 e. The molecule has 0 spiro atoms. The van der Waals surface area contributed by atoms with Gasteiger partial charge in [-0.1, -0.05) is 6.07 Å². The zero-order chi connectivity index (χ0) is 13.3. The Morgan fingerprint density at radius 2 is 2.11 bits per heavy atom. The van der Waals surface area contributed by atoms with Gasteiger partial charge in [-0.3, -0.25) is 0 Å². The predicted octanol–water partition coefficient (Wildman–Crippen LogP) is 3.60. The number of hydrogen-bond acceptors (Lipinski definition) is 4. The molecule has 0 bridgehead atoms. The molecule has 3 nitrogen and oxygen atoms in total. The molecule has 96 valence electrons. The van der Waals surface area contributed by atoms with Crippen LogP contribution in [0.15, 0.2) is 32.7 Å². The molecule has 0 aliphatic heterocycles. The van der Waals surface area contributed by atoms with Gasteiger partial charge in [0.2, 0.25) is 0 Å². The summed E-state index contributed by atoms with van der Waals surface area (Å²) in [6.45, 7) is 5.52. The maximum Gasteiger partial charge on any atom is 0.261 e. The summed E-state index contributed by atoms with van der Waals surface area (Å²) < 4.78 is 19.3. The van der Waals surface area contributed by atoms with E-state index in [2.05, 4.69) is 4.98 Å². The number of hydrogen-bond donors (Lipinski definition) is 1. The number of rotatable bonds is 3. The van der Waals surface area contributed by atoms with Crippen LogP contribution in [0.25, 0.3) is 0 Å². The maximum absolute atomic E-state index is 13.9. The highest BCUT2D eigenvalue weighted by Crippen LogP contribution is 2.31. The van der Waals surface area contributed by atoms with E-state index in [-0.39, 0.29) is 11.9 Å². The third kappa shape index (κ3) is 2.73. The lowest BCUT2D eigenvalue weighted by Crippen LogP contribution is -2.05. The van der Waals surface area contributed by atoms with E-state index in [4.69, 9.17) is 10.2 Å². The zero-order valence-corrected chi connectivity index (χ0v) is 11.3. The van der Waals surface area contributed by atoms with E-state index >= 15 is 0 Å². The van der Waals surface area contributed by atoms with Crippen LogP contribution in [0.3, 0.4) is 0 Å². The topological polar surface area (TPSA) is 52.0 Å². The summed E-state index contributed by atoms with van der Waals surface area (Å²) in [6, 6.07) is 4.80. The molecule has 2 N–H and O–H groups in total. The van der Waals surface area contributed by atoms with Gasteiger partial charge in [-0.25, -0.2) is 9.37 Å². The van der Waals surface area contributed by atoms with E-state index in [1.165, 1.54) is 17.8 Å². The van der Waals surface area contributed by atoms with Gasteiger partial charge in [-0.2, -0.15) is 0 Å². The van der Waals surface area contributed by atoms with Gasteiger partial charge in [-0.15, -0.1) is 0 Å². The van der Waals surface area contributed by atoms with Crippen LogP contribution in [0.1, 0.15) is 30.0 Å². The first kappa shape index (κ1) is 13.1. The molecule has 1 heterocycles. The number of nitrogens with zero attached hydrogens (tertiary/aromatic N) is 1. The lowest BCUT2D eigenvalue weighted by atomic mass is 10.1. The third-order valence-corrected chi connectivity index (χ3v) is 3.59. The second-order valence-electron chi connectivity index (χ2n) is 4.20. The molecule has 0 aliphatic rings. The van der Waals surface area contributed by atoms with E-state index in [0.717, 1.165) is 17.0 Å². The summed E-state index contributed by atoms with van der Waals surface area (Å²) in [6.07, 6.45) is 0. The smallest absolute Gasteiger partial charge is 0.261 e. The molecular weight excluding hydrogens is 251 g/mol. The van der Waals surface area contributed by atoms with Gasteiger partial charge in [0, 0.05) is 6.04 Å². The number of benzene rings is 1. The van der Waals surface area contributed by atoms with Gasteiger partial charge in [-0.05, 0) is 50.2 Å². The highest BCUT2D eigenvalue weighted by Gasteiger charge is 2.12. The van der Waals surface area contributed by atoms with Crippen molar-refractivity contribution >= 4 is 11.8 Å². The van der Waals surface area contributed by atoms with Gasteiger partial charge >= 0.3 is 0 Å². The van der Waals surface area contributed by atoms with E-state index in [1.54, 1.807) is 6.07 Å². The second-order valence-corrected chi connectivity index (χ2v) is 5.20. The van der Waals surface area contributed by atoms with Gasteiger partial charge in [0.05, 0.1) is 10.6 Å². The molecule has 0 amide bonds. The Balaban J connectivity index is 2.24. The third-order valence-electron chi connectivity index (χ3n) is 2.69. The molecule has 18 heavy (non-hydrogen) atoms. The monoisotopic (exact) mass is 266 g/mol. The first-order chi connectivity index (χ1) is 8.47. The SMILES string of the molecule is Cc1nc(Sc2ccc(C(C)N)cc2F)oc1C. The van der Waals surface area contributed by atoms with Crippen molar-refractivity contribution in [1.29, 1.82) is 0 Å². The van der Waals surface area contributed by atoms with E-state index in [1.807, 2.05) is 26.8 Å². The Labute approximate surface area is 110 Å². The lowest BCUT2D eigenvalue weighted by molar-refractivity contribution is 0.430. The fraction of sp³-hybridized carbons (Fsp3) is 0.308. The molecule has 2 rings (SSSR count). The van der Waals surface area contributed by atoms with Crippen LogP contribution in [0, 0.1) is 19.7 Å². The number of aryl methyl sites for hydroxylation is 2. The summed E-state index contributed by atoms with van der Waals surface area (Å²) in [7, 11) is 0. The summed E-state index contributed by atoms with van der Waals surface area (Å²) in [5, 5.41) is 0.456. The van der Waals surface area contributed by atoms with Gasteiger partial charge in [0.1, 0.15) is 11.6 Å². The zero-order valence-electron chi connectivity index (χ0n) is 10.5. The molecule has 1 aromatic carbocycles.